The van der Waals surface area contributed by atoms with Gasteiger partial charge in [0, 0.05) is 37.1 Å². The first-order valence-corrected chi connectivity index (χ1v) is 11.5. The van der Waals surface area contributed by atoms with E-state index in [2.05, 4.69) is 15.1 Å². The van der Waals surface area contributed by atoms with Crippen molar-refractivity contribution in [1.29, 1.82) is 0 Å². The lowest BCUT2D eigenvalue weighted by Crippen LogP contribution is -2.60. The van der Waals surface area contributed by atoms with Crippen LogP contribution in [-0.2, 0) is 11.2 Å². The predicted molar refractivity (Wildman–Crippen MR) is 132 cm³/mol. The van der Waals surface area contributed by atoms with Gasteiger partial charge in [-0.2, -0.15) is 0 Å². The maximum Gasteiger partial charge on any atom is 0.229 e. The van der Waals surface area contributed by atoms with Crippen LogP contribution in [0.4, 0.5) is 21.5 Å². The summed E-state index contributed by atoms with van der Waals surface area (Å²) >= 11 is 0. The molecule has 2 atom stereocenters. The lowest BCUT2D eigenvalue weighted by molar-refractivity contribution is -0.120. The number of nitrogens with zero attached hydrogens (tertiary/aromatic N) is 2. The number of amides is 1. The van der Waals surface area contributed by atoms with Gasteiger partial charge >= 0.3 is 0 Å². The van der Waals surface area contributed by atoms with Gasteiger partial charge in [-0.25, -0.2) is 4.39 Å². The minimum absolute atomic E-state index is 0.0444. The summed E-state index contributed by atoms with van der Waals surface area (Å²) < 4.78 is 25.3. The first-order valence-electron chi connectivity index (χ1n) is 11.5. The van der Waals surface area contributed by atoms with Gasteiger partial charge in [-0.15, -0.1) is 0 Å². The Bertz CT molecular complexity index is 1180. The van der Waals surface area contributed by atoms with Crippen LogP contribution in [0.25, 0.3) is 0 Å². The standard InChI is InChI=1S/C27H28FN3O3/c1-33-20-11-8-19(9-12-20)29-27(32)22-15-18-7-10-21(34-2)16-25(18)31-14-13-30(17-26(22)31)24-6-4-3-5-23(24)28/h3-12,16,22,26H,13-15,17H2,1-2H3,(H,29,32). The number of halogens is 1. The molecule has 5 rings (SSSR count). The van der Waals surface area contributed by atoms with E-state index in [0.717, 1.165) is 28.4 Å². The number of ether oxygens (including phenoxy) is 2. The number of rotatable bonds is 5. The second-order valence-corrected chi connectivity index (χ2v) is 8.68. The second-order valence-electron chi connectivity index (χ2n) is 8.68. The third-order valence-corrected chi connectivity index (χ3v) is 6.81. The van der Waals surface area contributed by atoms with Crippen molar-refractivity contribution in [3.05, 3.63) is 78.1 Å². The maximum absolute atomic E-state index is 14.6. The number of carbonyl (C=O) groups is 1. The fourth-order valence-electron chi connectivity index (χ4n) is 5.04. The quantitative estimate of drug-likeness (QED) is 0.612. The maximum atomic E-state index is 14.6. The Kier molecular flexibility index (Phi) is 6.01. The number of benzene rings is 3. The zero-order valence-corrected chi connectivity index (χ0v) is 19.3. The number of methoxy groups -OCH3 is 2. The number of fused-ring (bicyclic) bond motifs is 3. The number of nitrogens with one attached hydrogen (secondary N) is 1. The summed E-state index contributed by atoms with van der Waals surface area (Å²) in [6.45, 7) is 1.91. The van der Waals surface area contributed by atoms with Crippen molar-refractivity contribution in [2.24, 2.45) is 5.92 Å². The molecule has 2 aliphatic rings. The molecular weight excluding hydrogens is 433 g/mol. The van der Waals surface area contributed by atoms with Crippen LogP contribution in [0, 0.1) is 11.7 Å². The highest BCUT2D eigenvalue weighted by Crippen LogP contribution is 2.39. The van der Waals surface area contributed by atoms with Gasteiger partial charge in [0.05, 0.1) is 31.9 Å². The minimum atomic E-state index is -0.294. The lowest BCUT2D eigenvalue weighted by atomic mass is 9.83. The molecule has 0 radical (unpaired) electrons. The minimum Gasteiger partial charge on any atom is -0.497 e. The molecule has 3 aromatic carbocycles. The summed E-state index contributed by atoms with van der Waals surface area (Å²) in [5.74, 6) is 0.940. The Morgan fingerprint density at radius 3 is 2.41 bits per heavy atom. The second kappa shape index (κ2) is 9.25. The zero-order valence-electron chi connectivity index (χ0n) is 19.3. The fourth-order valence-corrected chi connectivity index (χ4v) is 5.04. The monoisotopic (exact) mass is 461 g/mol. The topological polar surface area (TPSA) is 54.0 Å². The third kappa shape index (κ3) is 4.14. The number of anilines is 3. The van der Waals surface area contributed by atoms with Crippen LogP contribution in [0.2, 0.25) is 0 Å². The first-order chi connectivity index (χ1) is 16.6. The molecule has 6 nitrogen and oxygen atoms in total. The highest BCUT2D eigenvalue weighted by atomic mass is 19.1. The molecule has 1 fully saturated rings. The highest BCUT2D eigenvalue weighted by molar-refractivity contribution is 5.94. The van der Waals surface area contributed by atoms with Crippen LogP contribution in [-0.4, -0.2) is 45.8 Å². The number of carbonyl (C=O) groups excluding carboxylic acids is 1. The van der Waals surface area contributed by atoms with E-state index in [4.69, 9.17) is 9.47 Å². The molecule has 1 amide bonds. The molecule has 1 saturated heterocycles. The van der Waals surface area contributed by atoms with Crippen molar-refractivity contribution in [2.75, 3.05) is 49.0 Å². The highest BCUT2D eigenvalue weighted by Gasteiger charge is 2.42. The van der Waals surface area contributed by atoms with Gasteiger partial charge in [-0.05, 0) is 54.4 Å². The lowest BCUT2D eigenvalue weighted by Gasteiger charge is -2.49. The molecule has 2 unspecified atom stereocenters. The SMILES string of the molecule is COc1ccc(NC(=O)C2Cc3ccc(OC)cc3N3CCN(c4ccccc4F)CC23)cc1. The van der Waals surface area contributed by atoms with Crippen molar-refractivity contribution < 1.29 is 18.7 Å². The molecule has 2 aliphatic heterocycles. The van der Waals surface area contributed by atoms with Crippen molar-refractivity contribution in [3.63, 3.8) is 0 Å². The molecule has 2 heterocycles. The largest absolute Gasteiger partial charge is 0.497 e. The van der Waals surface area contributed by atoms with Crippen LogP contribution >= 0.6 is 0 Å². The molecule has 0 bridgehead atoms. The first kappa shape index (κ1) is 22.1. The van der Waals surface area contributed by atoms with Crippen molar-refractivity contribution in [3.8, 4) is 11.5 Å². The van der Waals surface area contributed by atoms with E-state index in [1.54, 1.807) is 26.4 Å². The number of hydrogen-bond acceptors (Lipinski definition) is 5. The van der Waals surface area contributed by atoms with Crippen LogP contribution in [0.5, 0.6) is 11.5 Å². The van der Waals surface area contributed by atoms with Crippen LogP contribution < -0.4 is 24.6 Å². The number of hydrogen-bond donors (Lipinski definition) is 1. The number of piperazine rings is 1. The molecule has 0 aliphatic carbocycles. The van der Waals surface area contributed by atoms with Crippen molar-refractivity contribution >= 4 is 23.0 Å². The summed E-state index contributed by atoms with van der Waals surface area (Å²) in [6.07, 6.45) is 0.605. The van der Waals surface area contributed by atoms with Gasteiger partial charge in [0.1, 0.15) is 17.3 Å². The van der Waals surface area contributed by atoms with Gasteiger partial charge in [0.15, 0.2) is 0 Å². The van der Waals surface area contributed by atoms with Gasteiger partial charge in [0.25, 0.3) is 0 Å². The average Bonchev–Trinajstić information content (AvgIpc) is 2.88. The summed E-state index contributed by atoms with van der Waals surface area (Å²) in [6, 6.07) is 20.1. The Morgan fingerprint density at radius 1 is 0.941 bits per heavy atom. The van der Waals surface area contributed by atoms with E-state index >= 15 is 0 Å². The van der Waals surface area contributed by atoms with E-state index in [9.17, 15) is 9.18 Å². The Balaban J connectivity index is 1.46. The zero-order chi connectivity index (χ0) is 23.7. The van der Waals surface area contributed by atoms with E-state index in [-0.39, 0.29) is 23.7 Å². The van der Waals surface area contributed by atoms with Crippen molar-refractivity contribution in [1.82, 2.24) is 0 Å². The van der Waals surface area contributed by atoms with Crippen LogP contribution in [0.3, 0.4) is 0 Å². The molecular formula is C27H28FN3O3. The Hall–Kier alpha value is -3.74. The van der Waals surface area contributed by atoms with E-state index < -0.39 is 0 Å². The molecule has 7 heteroatoms. The Morgan fingerprint density at radius 2 is 1.68 bits per heavy atom. The van der Waals surface area contributed by atoms with Gasteiger partial charge in [-0.3, -0.25) is 4.79 Å². The molecule has 34 heavy (non-hydrogen) atoms. The van der Waals surface area contributed by atoms with Crippen LogP contribution in [0.1, 0.15) is 5.56 Å². The predicted octanol–water partition coefficient (Wildman–Crippen LogP) is 4.35. The van der Waals surface area contributed by atoms with E-state index in [0.29, 0.717) is 31.7 Å². The average molecular weight is 462 g/mol. The normalized spacial score (nSPS) is 19.1. The third-order valence-electron chi connectivity index (χ3n) is 6.81. The van der Waals surface area contributed by atoms with Crippen LogP contribution in [0.15, 0.2) is 66.7 Å². The van der Waals surface area contributed by atoms with Gasteiger partial charge < -0.3 is 24.6 Å². The summed E-state index contributed by atoms with van der Waals surface area (Å²) in [5.41, 5.74) is 3.50. The smallest absolute Gasteiger partial charge is 0.229 e. The molecule has 1 N–H and O–H groups in total. The Labute approximate surface area is 198 Å². The molecule has 0 aromatic heterocycles. The summed E-state index contributed by atoms with van der Waals surface area (Å²) in [5, 5.41) is 3.08. The van der Waals surface area contributed by atoms with E-state index in [1.807, 2.05) is 48.5 Å². The van der Waals surface area contributed by atoms with E-state index in [1.165, 1.54) is 6.07 Å². The molecule has 176 valence electrons. The van der Waals surface area contributed by atoms with Crippen molar-refractivity contribution in [2.45, 2.75) is 12.5 Å². The molecule has 0 saturated carbocycles. The summed E-state index contributed by atoms with van der Waals surface area (Å²) in [4.78, 5) is 17.9. The molecule has 0 spiro atoms. The molecule has 3 aromatic rings. The van der Waals surface area contributed by atoms with Gasteiger partial charge in [-0.1, -0.05) is 18.2 Å². The number of para-hydroxylation sites is 1. The summed E-state index contributed by atoms with van der Waals surface area (Å²) in [7, 11) is 3.27. The fraction of sp³-hybridized carbons (Fsp3) is 0.296. The van der Waals surface area contributed by atoms with Gasteiger partial charge in [0.2, 0.25) is 5.91 Å².